The number of azide groups is 1. The molecule has 0 heterocycles. The Labute approximate surface area is 503 Å². The quantitative estimate of drug-likeness (QED) is 0.0109. The second kappa shape index (κ2) is 32.7. The summed E-state index contributed by atoms with van der Waals surface area (Å²) in [5, 5.41) is 13.7. The van der Waals surface area contributed by atoms with Crippen molar-refractivity contribution in [3.05, 3.63) is 185 Å². The second-order valence-electron chi connectivity index (χ2n) is 15.7. The average Bonchev–Trinajstić information content (AvgIpc) is 3.38. The Hall–Kier alpha value is -2.41. The SMILES string of the molecule is CN(COc1ccc(P(=N[P+](=S)Oc2ccc(C=NN(C)[P+](=S)Oc3ccc(CCN(CP(=O)([O-])O)CP(=O)([O-])O)cc3)cc2)(c2ccccc2)c2ccccc2)cc1)N=Cc1ccc(OPP(P)N=[N+]=[N-])cc1.[Na+].[Na+]. The fourth-order valence-electron chi connectivity index (χ4n) is 6.67. The van der Waals surface area contributed by atoms with Crippen molar-refractivity contribution in [1.82, 2.24) is 14.7 Å². The van der Waals surface area contributed by atoms with Gasteiger partial charge in [-0.1, -0.05) is 91.4 Å². The molecular formula is C45H49N9Na2O10P8S2+2. The van der Waals surface area contributed by atoms with Crippen molar-refractivity contribution in [2.45, 2.75) is 6.42 Å². The van der Waals surface area contributed by atoms with E-state index in [1.807, 2.05) is 104 Å². The Morgan fingerprint density at radius 1 is 0.711 bits per heavy atom. The zero-order chi connectivity index (χ0) is 53.1. The van der Waals surface area contributed by atoms with Crippen molar-refractivity contribution < 1.29 is 106 Å². The number of benzene rings is 6. The van der Waals surface area contributed by atoms with Crippen LogP contribution >= 0.6 is 61.3 Å². The van der Waals surface area contributed by atoms with Crippen molar-refractivity contribution in [2.75, 3.05) is 39.9 Å². The van der Waals surface area contributed by atoms with E-state index < -0.39 is 56.4 Å². The molecular weight excluding hydrogens is 1180 g/mol. The third-order valence-corrected chi connectivity index (χ3v) is 22.6. The average molecular weight is 1230 g/mol. The first-order valence-corrected chi connectivity index (χ1v) is 36.1. The minimum Gasteiger partial charge on any atom is -0.778 e. The summed E-state index contributed by atoms with van der Waals surface area (Å²) in [6.45, 7) is 0.131. The predicted octanol–water partition coefficient (Wildman–Crippen LogP) is 3.68. The Morgan fingerprint density at radius 3 is 1.71 bits per heavy atom. The van der Waals surface area contributed by atoms with Gasteiger partial charge in [-0.2, -0.15) is 5.10 Å². The van der Waals surface area contributed by atoms with Gasteiger partial charge in [0.25, 0.3) is 0 Å². The van der Waals surface area contributed by atoms with Crippen LogP contribution in [0.4, 0.5) is 0 Å². The molecule has 0 aliphatic heterocycles. The molecule has 0 aromatic heterocycles. The molecule has 0 amide bonds. The van der Waals surface area contributed by atoms with E-state index in [0.29, 0.717) is 23.0 Å². The zero-order valence-corrected chi connectivity index (χ0v) is 54.6. The van der Waals surface area contributed by atoms with Gasteiger partial charge in [0, 0.05) is 34.4 Å². The van der Waals surface area contributed by atoms with Gasteiger partial charge in [-0.25, -0.2) is 0 Å². The van der Waals surface area contributed by atoms with Crippen LogP contribution in [0, 0.1) is 0 Å². The standard InChI is InChI=1S/C45H49N9O10P8S2.2Na/c1-52(47-31-37-15-19-40(20-16-37)62-66-68(65)50-49-46)33-61-39-25-27-45(28-26-39)72(43-9-5-3-6-10-43,44-11-7-4-8-12-44)51-67(73)63-41-23-17-38(18-24-41)32-48-53(2)69(74)64-42-21-13-36(14-22-42)29-30-54(34-70(55,56)57)35-71(58,59)60;;/h3-28,31-32,66H,29-30,33-35,65H2,1-2H3,(H2-2,55,56,57,58,59,60);;/q;2*+1. The van der Waals surface area contributed by atoms with E-state index in [1.54, 1.807) is 60.9 Å². The number of hydrogen-bond acceptors (Lipinski definition) is 15. The van der Waals surface area contributed by atoms with E-state index in [4.69, 9.17) is 52.0 Å². The van der Waals surface area contributed by atoms with E-state index in [1.165, 1.54) is 4.78 Å². The van der Waals surface area contributed by atoms with E-state index in [0.717, 1.165) is 37.5 Å². The minimum atomic E-state index is -4.81. The van der Waals surface area contributed by atoms with Crippen molar-refractivity contribution in [2.24, 2.45) is 19.6 Å². The monoisotopic (exact) mass is 1230 g/mol. The van der Waals surface area contributed by atoms with E-state index in [-0.39, 0.29) is 87.3 Å². The van der Waals surface area contributed by atoms with Gasteiger partial charge in [-0.05, 0) is 118 Å². The Kier molecular flexibility index (Phi) is 28.5. The maximum atomic E-state index is 11.4. The van der Waals surface area contributed by atoms with Crippen LogP contribution in [0.5, 0.6) is 23.0 Å². The van der Waals surface area contributed by atoms with Crippen molar-refractivity contribution in [3.63, 3.8) is 0 Å². The van der Waals surface area contributed by atoms with Gasteiger partial charge in [0.05, 0.1) is 39.5 Å². The number of hydrogen-bond donors (Lipinski definition) is 2. The number of nitrogens with zero attached hydrogens (tertiary/aromatic N) is 9. The van der Waals surface area contributed by atoms with Crippen LogP contribution < -0.4 is 103 Å². The van der Waals surface area contributed by atoms with Crippen LogP contribution in [-0.2, 0) is 39.2 Å². The molecule has 386 valence electrons. The largest absolute Gasteiger partial charge is 1.00 e. The summed E-state index contributed by atoms with van der Waals surface area (Å²) < 4.78 is 53.9. The third kappa shape index (κ3) is 22.3. The maximum Gasteiger partial charge on any atom is 1.00 e. The van der Waals surface area contributed by atoms with Gasteiger partial charge in [0.15, 0.2) is 18.2 Å². The summed E-state index contributed by atoms with van der Waals surface area (Å²) in [7, 11) is -10.7. The van der Waals surface area contributed by atoms with E-state index >= 15 is 0 Å². The molecule has 7 unspecified atom stereocenters. The Morgan fingerprint density at radius 2 is 1.18 bits per heavy atom. The molecule has 0 saturated carbocycles. The molecule has 0 radical (unpaired) electrons. The molecule has 6 aromatic rings. The van der Waals surface area contributed by atoms with Crippen molar-refractivity contribution >= 4 is 113 Å². The van der Waals surface area contributed by atoms with Crippen LogP contribution in [0.2, 0.25) is 0 Å². The maximum absolute atomic E-state index is 11.4. The topological polar surface area (TPSA) is 253 Å². The van der Waals surface area contributed by atoms with Gasteiger partial charge in [-0.3, -0.25) is 19.0 Å². The normalized spacial score (nSPS) is 13.8. The van der Waals surface area contributed by atoms with Gasteiger partial charge in [0.1, 0.15) is 42.2 Å². The molecule has 0 fully saturated rings. The predicted molar refractivity (Wildman–Crippen MR) is 307 cm³/mol. The minimum absolute atomic E-state index is 0. The summed E-state index contributed by atoms with van der Waals surface area (Å²) in [6, 6.07) is 49.6. The molecule has 31 heteroatoms. The molecule has 0 spiro atoms. The zero-order valence-electron chi connectivity index (χ0n) is 41.5. The third-order valence-electron chi connectivity index (χ3n) is 10.0. The fourth-order valence-corrected chi connectivity index (χ4v) is 17.6. The first-order chi connectivity index (χ1) is 35.4. The van der Waals surface area contributed by atoms with Crippen molar-refractivity contribution in [1.29, 1.82) is 0 Å². The summed E-state index contributed by atoms with van der Waals surface area (Å²) in [5.74, 6) is 2.32. The summed E-state index contributed by atoms with van der Waals surface area (Å²) in [6.07, 6.45) is 1.76. The van der Waals surface area contributed by atoms with Crippen LogP contribution in [0.3, 0.4) is 0 Å². The summed E-state index contributed by atoms with van der Waals surface area (Å²) >= 11 is 11.6. The Bertz CT molecular complexity index is 3030. The number of rotatable bonds is 27. The molecule has 0 aliphatic carbocycles. The molecule has 76 heavy (non-hydrogen) atoms. The molecule has 0 saturated heterocycles. The first kappa shape index (κ1) is 66.1. The second-order valence-corrected chi connectivity index (χ2v) is 32.3. The van der Waals surface area contributed by atoms with Crippen LogP contribution in [0.25, 0.3) is 10.4 Å². The smallest absolute Gasteiger partial charge is 0.778 e. The molecule has 6 rings (SSSR count). The van der Waals surface area contributed by atoms with Gasteiger partial charge in [0.2, 0.25) is 23.6 Å². The molecule has 6 aromatic carbocycles. The number of ether oxygens (including phenoxy) is 1. The van der Waals surface area contributed by atoms with Gasteiger partial charge < -0.3 is 38.0 Å². The van der Waals surface area contributed by atoms with Crippen LogP contribution in [0.15, 0.2) is 177 Å². The van der Waals surface area contributed by atoms with Gasteiger partial charge >= 0.3 is 73.3 Å². The molecule has 0 bridgehead atoms. The summed E-state index contributed by atoms with van der Waals surface area (Å²) in [4.78, 5) is 48.6. The van der Waals surface area contributed by atoms with Crippen molar-refractivity contribution in [3.8, 4) is 23.0 Å². The first-order valence-electron chi connectivity index (χ1n) is 21.8. The molecule has 0 aliphatic rings. The van der Waals surface area contributed by atoms with E-state index in [2.05, 4.69) is 53.2 Å². The van der Waals surface area contributed by atoms with Gasteiger partial charge in [-0.15, -0.1) is 5.10 Å². The fraction of sp³-hybridized carbons (Fsp3) is 0.156. The number of hydrazone groups is 2. The van der Waals surface area contributed by atoms with Crippen LogP contribution in [-0.4, -0.2) is 76.8 Å². The summed E-state index contributed by atoms with van der Waals surface area (Å²) in [5.41, 5.74) is 11.0. The van der Waals surface area contributed by atoms with E-state index in [9.17, 15) is 28.7 Å². The molecule has 2 N–H and O–H groups in total. The Balaban J connectivity index is 0.00000624. The molecule has 19 nitrogen and oxygen atoms in total. The molecule has 7 atom stereocenters. The van der Waals surface area contributed by atoms with Crippen LogP contribution in [0.1, 0.15) is 16.7 Å².